The Morgan fingerprint density at radius 3 is 2.54 bits per heavy atom. The SMILES string of the molecule is Oc1ccc(-c2cc(-c3cccs3)nn2-c2ccccn2)cc1O. The van der Waals surface area contributed by atoms with E-state index in [1.54, 1.807) is 28.3 Å². The van der Waals surface area contributed by atoms with E-state index >= 15 is 0 Å². The van der Waals surface area contributed by atoms with Crippen LogP contribution in [0.15, 0.2) is 66.2 Å². The first kappa shape index (κ1) is 14.5. The van der Waals surface area contributed by atoms with Crippen molar-refractivity contribution in [2.24, 2.45) is 0 Å². The van der Waals surface area contributed by atoms with Gasteiger partial charge in [0.25, 0.3) is 0 Å². The number of phenols is 2. The second kappa shape index (κ2) is 5.82. The summed E-state index contributed by atoms with van der Waals surface area (Å²) in [5.74, 6) is 0.364. The quantitative estimate of drug-likeness (QED) is 0.554. The van der Waals surface area contributed by atoms with Gasteiger partial charge < -0.3 is 10.2 Å². The van der Waals surface area contributed by atoms with Gasteiger partial charge in [-0.15, -0.1) is 11.3 Å². The summed E-state index contributed by atoms with van der Waals surface area (Å²) >= 11 is 1.61. The molecule has 0 saturated carbocycles. The minimum absolute atomic E-state index is 0.152. The maximum absolute atomic E-state index is 9.82. The van der Waals surface area contributed by atoms with Crippen molar-refractivity contribution in [3.8, 4) is 39.1 Å². The molecule has 0 radical (unpaired) electrons. The molecule has 0 bridgehead atoms. The summed E-state index contributed by atoms with van der Waals surface area (Å²) < 4.78 is 1.74. The molecule has 1 aromatic carbocycles. The van der Waals surface area contributed by atoms with Gasteiger partial charge in [-0.2, -0.15) is 5.10 Å². The lowest BCUT2D eigenvalue weighted by atomic mass is 10.1. The van der Waals surface area contributed by atoms with Crippen LogP contribution < -0.4 is 0 Å². The molecule has 0 unspecified atom stereocenters. The van der Waals surface area contributed by atoms with E-state index in [1.165, 1.54) is 12.1 Å². The van der Waals surface area contributed by atoms with Crippen molar-refractivity contribution >= 4 is 11.3 Å². The number of aromatic hydroxyl groups is 2. The summed E-state index contributed by atoms with van der Waals surface area (Å²) in [7, 11) is 0. The number of nitrogens with zero attached hydrogens (tertiary/aromatic N) is 3. The minimum atomic E-state index is -0.168. The van der Waals surface area contributed by atoms with Crippen LogP contribution in [0.4, 0.5) is 0 Å². The van der Waals surface area contributed by atoms with Crippen LogP contribution in [0.25, 0.3) is 27.6 Å². The molecule has 2 N–H and O–H groups in total. The molecule has 0 aliphatic heterocycles. The lowest BCUT2D eigenvalue weighted by Crippen LogP contribution is -2.01. The molecular formula is C18H13N3O2S. The number of hydrogen-bond acceptors (Lipinski definition) is 5. The molecule has 5 nitrogen and oxygen atoms in total. The largest absolute Gasteiger partial charge is 0.504 e. The fourth-order valence-corrected chi connectivity index (χ4v) is 3.15. The Bertz CT molecular complexity index is 979. The highest BCUT2D eigenvalue weighted by molar-refractivity contribution is 7.13. The van der Waals surface area contributed by atoms with E-state index in [9.17, 15) is 10.2 Å². The second-order valence-corrected chi connectivity index (χ2v) is 6.14. The van der Waals surface area contributed by atoms with Crippen molar-refractivity contribution in [1.29, 1.82) is 0 Å². The molecule has 4 rings (SSSR count). The van der Waals surface area contributed by atoms with Gasteiger partial charge >= 0.3 is 0 Å². The van der Waals surface area contributed by atoms with Crippen LogP contribution >= 0.6 is 11.3 Å². The number of benzene rings is 1. The van der Waals surface area contributed by atoms with Gasteiger partial charge in [0.15, 0.2) is 17.3 Å². The third-order valence-corrected chi connectivity index (χ3v) is 4.51. The number of pyridine rings is 1. The van der Waals surface area contributed by atoms with Crippen LogP contribution in [0.2, 0.25) is 0 Å². The van der Waals surface area contributed by atoms with Crippen molar-refractivity contribution in [3.63, 3.8) is 0 Å². The zero-order chi connectivity index (χ0) is 16.5. The third kappa shape index (κ3) is 2.53. The van der Waals surface area contributed by atoms with Gasteiger partial charge in [0.2, 0.25) is 0 Å². The normalized spacial score (nSPS) is 10.8. The number of rotatable bonds is 3. The van der Waals surface area contributed by atoms with E-state index in [0.29, 0.717) is 5.82 Å². The molecule has 0 amide bonds. The Morgan fingerprint density at radius 2 is 1.83 bits per heavy atom. The van der Waals surface area contributed by atoms with E-state index in [0.717, 1.165) is 21.8 Å². The summed E-state index contributed by atoms with van der Waals surface area (Å²) in [6.45, 7) is 0. The molecule has 3 aromatic heterocycles. The first-order chi connectivity index (χ1) is 11.7. The molecule has 0 fully saturated rings. The van der Waals surface area contributed by atoms with Crippen molar-refractivity contribution < 1.29 is 10.2 Å². The zero-order valence-corrected chi connectivity index (χ0v) is 13.3. The zero-order valence-electron chi connectivity index (χ0n) is 12.5. The maximum atomic E-state index is 9.82. The predicted molar refractivity (Wildman–Crippen MR) is 93.4 cm³/mol. The van der Waals surface area contributed by atoms with E-state index in [1.807, 2.05) is 41.8 Å². The fourth-order valence-electron chi connectivity index (χ4n) is 2.47. The summed E-state index contributed by atoms with van der Waals surface area (Å²) in [6, 6.07) is 16.3. The Kier molecular flexibility index (Phi) is 3.51. The standard InChI is InChI=1S/C18H13N3O2S/c22-15-7-6-12(10-16(15)23)14-11-13(17-4-3-9-24-17)20-21(14)18-5-1-2-8-19-18/h1-11,22-23H. The molecule has 6 heteroatoms. The van der Waals surface area contributed by atoms with Gasteiger partial charge in [0.1, 0.15) is 5.69 Å². The van der Waals surface area contributed by atoms with E-state index in [-0.39, 0.29) is 11.5 Å². The molecule has 118 valence electrons. The number of phenolic OH excluding ortho intramolecular Hbond substituents is 2. The molecule has 0 spiro atoms. The van der Waals surface area contributed by atoms with Crippen molar-refractivity contribution in [3.05, 3.63) is 66.2 Å². The highest BCUT2D eigenvalue weighted by Crippen LogP contribution is 2.34. The smallest absolute Gasteiger partial charge is 0.158 e. The first-order valence-corrected chi connectivity index (χ1v) is 8.18. The topological polar surface area (TPSA) is 71.2 Å². The molecule has 0 saturated heterocycles. The molecule has 0 aliphatic rings. The Morgan fingerprint density at radius 1 is 0.917 bits per heavy atom. The molecule has 3 heterocycles. The van der Waals surface area contributed by atoms with Gasteiger partial charge in [-0.25, -0.2) is 9.67 Å². The highest BCUT2D eigenvalue weighted by atomic mass is 32.1. The third-order valence-electron chi connectivity index (χ3n) is 3.62. The van der Waals surface area contributed by atoms with Crippen molar-refractivity contribution in [2.75, 3.05) is 0 Å². The first-order valence-electron chi connectivity index (χ1n) is 7.30. The van der Waals surface area contributed by atoms with Crippen LogP contribution in [-0.4, -0.2) is 25.0 Å². The predicted octanol–water partition coefficient (Wildman–Crippen LogP) is 4.07. The number of hydrogen-bond donors (Lipinski definition) is 2. The summed E-state index contributed by atoms with van der Waals surface area (Å²) in [5, 5.41) is 26.0. The number of thiophene rings is 1. The molecule has 4 aromatic rings. The van der Waals surface area contributed by atoms with Crippen LogP contribution in [0.3, 0.4) is 0 Å². The van der Waals surface area contributed by atoms with Crippen molar-refractivity contribution in [2.45, 2.75) is 0 Å². The van der Waals surface area contributed by atoms with Gasteiger partial charge in [0.05, 0.1) is 10.6 Å². The average Bonchev–Trinajstić information content (AvgIpc) is 3.27. The van der Waals surface area contributed by atoms with E-state index in [4.69, 9.17) is 0 Å². The summed E-state index contributed by atoms with van der Waals surface area (Å²) in [4.78, 5) is 5.41. The second-order valence-electron chi connectivity index (χ2n) is 5.20. The monoisotopic (exact) mass is 335 g/mol. The minimum Gasteiger partial charge on any atom is -0.504 e. The molecular weight excluding hydrogens is 322 g/mol. The van der Waals surface area contributed by atoms with Crippen LogP contribution in [0.5, 0.6) is 11.5 Å². The lowest BCUT2D eigenvalue weighted by Gasteiger charge is -2.07. The van der Waals surface area contributed by atoms with Crippen LogP contribution in [-0.2, 0) is 0 Å². The van der Waals surface area contributed by atoms with E-state index < -0.39 is 0 Å². The van der Waals surface area contributed by atoms with Gasteiger partial charge in [-0.3, -0.25) is 0 Å². The highest BCUT2D eigenvalue weighted by Gasteiger charge is 2.15. The summed E-state index contributed by atoms with van der Waals surface area (Å²) in [6.07, 6.45) is 1.71. The molecule has 0 aliphatic carbocycles. The average molecular weight is 335 g/mol. The molecule has 24 heavy (non-hydrogen) atoms. The Hall–Kier alpha value is -3.12. The maximum Gasteiger partial charge on any atom is 0.158 e. The van der Waals surface area contributed by atoms with Crippen LogP contribution in [0, 0.1) is 0 Å². The van der Waals surface area contributed by atoms with Crippen molar-refractivity contribution in [1.82, 2.24) is 14.8 Å². The van der Waals surface area contributed by atoms with Gasteiger partial charge in [-0.05, 0) is 47.8 Å². The van der Waals surface area contributed by atoms with E-state index in [2.05, 4.69) is 10.1 Å². The Labute approximate surface area is 142 Å². The Balaban J connectivity index is 1.92. The number of aromatic nitrogens is 3. The molecule has 0 atom stereocenters. The fraction of sp³-hybridized carbons (Fsp3) is 0. The summed E-state index contributed by atoms with van der Waals surface area (Å²) in [5.41, 5.74) is 2.36. The van der Waals surface area contributed by atoms with Gasteiger partial charge in [0, 0.05) is 11.8 Å². The van der Waals surface area contributed by atoms with Gasteiger partial charge in [-0.1, -0.05) is 12.1 Å². The van der Waals surface area contributed by atoms with Crippen LogP contribution in [0.1, 0.15) is 0 Å². The lowest BCUT2D eigenvalue weighted by molar-refractivity contribution is 0.404.